The van der Waals surface area contributed by atoms with Crippen molar-refractivity contribution in [3.8, 4) is 0 Å². The fourth-order valence-electron chi connectivity index (χ4n) is 4.51. The topological polar surface area (TPSA) is 55.4 Å². The SMILES string of the molecule is c1ccc(C2OB(c3c4cccc3COCCOCCOCCOC4)OC2c2ccccc2)cc1. The van der Waals surface area contributed by atoms with Crippen LogP contribution in [0.4, 0.5) is 0 Å². The number of benzene rings is 3. The minimum absolute atomic E-state index is 0.234. The van der Waals surface area contributed by atoms with Crippen molar-refractivity contribution in [3.05, 3.63) is 101 Å². The predicted molar refractivity (Wildman–Crippen MR) is 133 cm³/mol. The molecule has 3 aromatic rings. The Labute approximate surface area is 207 Å². The lowest BCUT2D eigenvalue weighted by Gasteiger charge is -2.19. The van der Waals surface area contributed by atoms with Crippen molar-refractivity contribution >= 4 is 12.6 Å². The zero-order chi connectivity index (χ0) is 23.7. The molecule has 2 unspecified atom stereocenters. The molecule has 0 radical (unpaired) electrons. The lowest BCUT2D eigenvalue weighted by Crippen LogP contribution is -2.38. The summed E-state index contributed by atoms with van der Waals surface area (Å²) in [5.74, 6) is 0. The second-order valence-corrected chi connectivity index (χ2v) is 8.59. The van der Waals surface area contributed by atoms with Gasteiger partial charge in [0.05, 0.1) is 65.1 Å². The van der Waals surface area contributed by atoms with E-state index in [9.17, 15) is 0 Å². The van der Waals surface area contributed by atoms with E-state index in [0.29, 0.717) is 52.9 Å². The average molecular weight is 474 g/mol. The molecule has 3 aromatic carbocycles. The van der Waals surface area contributed by atoms with Crippen molar-refractivity contribution in [1.82, 2.24) is 0 Å². The van der Waals surface area contributed by atoms with Crippen LogP contribution in [0.3, 0.4) is 0 Å². The van der Waals surface area contributed by atoms with E-state index in [-0.39, 0.29) is 12.2 Å². The normalized spacial score (nSPS) is 22.3. The minimum atomic E-state index is -0.549. The van der Waals surface area contributed by atoms with Gasteiger partial charge >= 0.3 is 7.12 Å². The van der Waals surface area contributed by atoms with Crippen LogP contribution in [0.2, 0.25) is 0 Å². The first-order valence-electron chi connectivity index (χ1n) is 12.2. The molecule has 2 atom stereocenters. The van der Waals surface area contributed by atoms with Gasteiger partial charge in [0.2, 0.25) is 0 Å². The summed E-state index contributed by atoms with van der Waals surface area (Å²) in [5.41, 5.74) is 5.21. The van der Waals surface area contributed by atoms with Crippen molar-refractivity contribution in [2.75, 3.05) is 39.6 Å². The Morgan fingerprint density at radius 3 is 1.37 bits per heavy atom. The van der Waals surface area contributed by atoms with E-state index in [1.807, 2.05) is 42.5 Å². The third kappa shape index (κ3) is 6.19. The molecule has 0 N–H and O–H groups in total. The molecule has 0 amide bonds. The van der Waals surface area contributed by atoms with Gasteiger partial charge in [-0.15, -0.1) is 0 Å². The van der Waals surface area contributed by atoms with Gasteiger partial charge in [-0.25, -0.2) is 0 Å². The van der Waals surface area contributed by atoms with Gasteiger partial charge in [0.25, 0.3) is 0 Å². The van der Waals surface area contributed by atoms with Crippen LogP contribution in [0.5, 0.6) is 0 Å². The minimum Gasteiger partial charge on any atom is -0.397 e. The van der Waals surface area contributed by atoms with Crippen LogP contribution >= 0.6 is 0 Å². The lowest BCUT2D eigenvalue weighted by atomic mass is 9.73. The smallest absolute Gasteiger partial charge is 0.397 e. The van der Waals surface area contributed by atoms with E-state index in [4.69, 9.17) is 28.3 Å². The van der Waals surface area contributed by atoms with E-state index in [0.717, 1.165) is 27.7 Å². The second kappa shape index (κ2) is 12.4. The first-order chi connectivity index (χ1) is 17.4. The number of hydrogen-bond donors (Lipinski definition) is 0. The molecular formula is C28H31BO6. The Hall–Kier alpha value is -2.52. The van der Waals surface area contributed by atoms with Crippen molar-refractivity contribution in [3.63, 3.8) is 0 Å². The lowest BCUT2D eigenvalue weighted by molar-refractivity contribution is -0.00523. The fraction of sp³-hybridized carbons (Fsp3) is 0.357. The van der Waals surface area contributed by atoms with Crippen molar-refractivity contribution in [2.45, 2.75) is 25.4 Å². The summed E-state index contributed by atoms with van der Waals surface area (Å²) in [4.78, 5) is 0. The Morgan fingerprint density at radius 2 is 0.914 bits per heavy atom. The highest BCUT2D eigenvalue weighted by Crippen LogP contribution is 2.41. The molecule has 5 rings (SSSR count). The van der Waals surface area contributed by atoms with Crippen LogP contribution in [0.15, 0.2) is 78.9 Å². The molecule has 1 saturated heterocycles. The van der Waals surface area contributed by atoms with E-state index >= 15 is 0 Å². The highest BCUT2D eigenvalue weighted by atomic mass is 16.7. The maximum absolute atomic E-state index is 6.66. The summed E-state index contributed by atoms with van der Waals surface area (Å²) in [6.07, 6.45) is -0.468. The molecule has 2 aliphatic heterocycles. The monoisotopic (exact) mass is 474 g/mol. The molecule has 0 aromatic heterocycles. The van der Waals surface area contributed by atoms with Gasteiger partial charge in [-0.3, -0.25) is 0 Å². The number of fused-ring (bicyclic) bond motifs is 2. The molecule has 7 heteroatoms. The molecular weight excluding hydrogens is 443 g/mol. The molecule has 0 aliphatic carbocycles. The molecule has 0 spiro atoms. The van der Waals surface area contributed by atoms with Crippen molar-refractivity contribution in [1.29, 1.82) is 0 Å². The summed E-state index contributed by atoms with van der Waals surface area (Å²) in [7, 11) is -0.549. The zero-order valence-corrected chi connectivity index (χ0v) is 19.8. The molecule has 2 bridgehead atoms. The van der Waals surface area contributed by atoms with Crippen LogP contribution in [-0.2, 0) is 41.5 Å². The van der Waals surface area contributed by atoms with Crippen LogP contribution in [0.1, 0.15) is 34.5 Å². The van der Waals surface area contributed by atoms with E-state index in [2.05, 4.69) is 36.4 Å². The fourth-order valence-corrected chi connectivity index (χ4v) is 4.51. The highest BCUT2D eigenvalue weighted by Gasteiger charge is 2.44. The van der Waals surface area contributed by atoms with E-state index in [1.54, 1.807) is 0 Å². The number of hydrogen-bond acceptors (Lipinski definition) is 6. The van der Waals surface area contributed by atoms with E-state index < -0.39 is 7.12 Å². The summed E-state index contributed by atoms with van der Waals surface area (Å²) < 4.78 is 36.4. The second-order valence-electron chi connectivity index (χ2n) is 8.59. The van der Waals surface area contributed by atoms with Crippen LogP contribution in [0.25, 0.3) is 0 Å². The number of ether oxygens (including phenoxy) is 4. The summed E-state index contributed by atoms with van der Waals surface area (Å²) in [5, 5.41) is 0. The molecule has 35 heavy (non-hydrogen) atoms. The molecule has 2 heterocycles. The first-order valence-corrected chi connectivity index (χ1v) is 12.2. The third-order valence-electron chi connectivity index (χ3n) is 6.23. The summed E-state index contributed by atoms with van der Waals surface area (Å²) >= 11 is 0. The van der Waals surface area contributed by atoms with Gasteiger partial charge in [-0.2, -0.15) is 0 Å². The van der Waals surface area contributed by atoms with Gasteiger partial charge < -0.3 is 28.3 Å². The Morgan fingerprint density at radius 1 is 0.486 bits per heavy atom. The highest BCUT2D eigenvalue weighted by molar-refractivity contribution is 6.63. The van der Waals surface area contributed by atoms with Gasteiger partial charge in [0.1, 0.15) is 0 Å². The molecule has 6 nitrogen and oxygen atoms in total. The van der Waals surface area contributed by atoms with Crippen LogP contribution in [0, 0.1) is 0 Å². The van der Waals surface area contributed by atoms with Gasteiger partial charge in [0, 0.05) is 0 Å². The van der Waals surface area contributed by atoms with Crippen LogP contribution < -0.4 is 5.46 Å². The molecule has 1 fully saturated rings. The van der Waals surface area contributed by atoms with Crippen LogP contribution in [-0.4, -0.2) is 46.8 Å². The standard InChI is InChI=1S/C28H31BO6/c1-3-8-22(9-4-1)27-28(23-10-5-2-6-11-23)35-29(34-27)26-24-12-7-13-25(26)21-33-19-17-31-15-14-30-16-18-32-20-24/h1-13,27-28H,14-21H2. The number of rotatable bonds is 3. The largest absolute Gasteiger partial charge is 0.495 e. The molecule has 182 valence electrons. The van der Waals surface area contributed by atoms with E-state index in [1.165, 1.54) is 0 Å². The maximum Gasteiger partial charge on any atom is 0.495 e. The Bertz CT molecular complexity index is 968. The summed E-state index contributed by atoms with van der Waals surface area (Å²) in [6.45, 7) is 4.05. The average Bonchev–Trinajstić information content (AvgIpc) is 3.35. The van der Waals surface area contributed by atoms with Crippen molar-refractivity contribution in [2.24, 2.45) is 0 Å². The quantitative estimate of drug-likeness (QED) is 0.536. The van der Waals surface area contributed by atoms with Crippen molar-refractivity contribution < 1.29 is 28.3 Å². The molecule has 0 saturated carbocycles. The third-order valence-corrected chi connectivity index (χ3v) is 6.23. The maximum atomic E-state index is 6.66. The summed E-state index contributed by atoms with van der Waals surface area (Å²) in [6, 6.07) is 26.7. The first kappa shape index (κ1) is 24.2. The zero-order valence-electron chi connectivity index (χ0n) is 19.8. The van der Waals surface area contributed by atoms with Gasteiger partial charge in [-0.05, 0) is 27.7 Å². The predicted octanol–water partition coefficient (Wildman–Crippen LogP) is 3.99. The molecule has 2 aliphatic rings. The Balaban J connectivity index is 1.46. The Kier molecular flexibility index (Phi) is 8.60. The van der Waals surface area contributed by atoms with Gasteiger partial charge in [0.15, 0.2) is 0 Å². The van der Waals surface area contributed by atoms with Gasteiger partial charge in [-0.1, -0.05) is 78.9 Å².